The largest absolute Gasteiger partial charge is 0.423 e. The fourth-order valence-corrected chi connectivity index (χ4v) is 2.93. The Kier molecular flexibility index (Phi) is 7.29. The zero-order valence-electron chi connectivity index (χ0n) is 16.5. The molecule has 0 unspecified atom stereocenters. The van der Waals surface area contributed by atoms with E-state index in [1.54, 1.807) is 60.7 Å². The van der Waals surface area contributed by atoms with E-state index in [0.717, 1.165) is 5.56 Å². The number of ether oxygens (including phenoxy) is 1. The third kappa shape index (κ3) is 6.35. The van der Waals surface area contributed by atoms with Gasteiger partial charge in [0.05, 0.1) is 11.8 Å². The first-order valence-corrected chi connectivity index (χ1v) is 9.99. The van der Waals surface area contributed by atoms with Crippen LogP contribution >= 0.6 is 15.9 Å². The fraction of sp³-hybridized carbons (Fsp3) is 0.0435. The second-order valence-corrected chi connectivity index (χ2v) is 7.32. The van der Waals surface area contributed by atoms with Crippen molar-refractivity contribution in [3.8, 4) is 5.75 Å². The van der Waals surface area contributed by atoms with Gasteiger partial charge < -0.3 is 10.1 Å². The number of carbonyl (C=O) groups is 3. The summed E-state index contributed by atoms with van der Waals surface area (Å²) in [5, 5.41) is 6.26. The molecule has 8 heteroatoms. The Morgan fingerprint density at radius 2 is 1.68 bits per heavy atom. The van der Waals surface area contributed by atoms with Crippen LogP contribution in [0.25, 0.3) is 0 Å². The highest BCUT2D eigenvalue weighted by Gasteiger charge is 2.13. The number of hydrazone groups is 1. The number of carbonyl (C=O) groups excluding carboxylic acids is 3. The molecule has 0 bridgehead atoms. The van der Waals surface area contributed by atoms with E-state index in [-0.39, 0.29) is 0 Å². The van der Waals surface area contributed by atoms with Crippen molar-refractivity contribution >= 4 is 45.6 Å². The predicted octanol–water partition coefficient (Wildman–Crippen LogP) is 4.07. The first kappa shape index (κ1) is 21.9. The van der Waals surface area contributed by atoms with E-state index >= 15 is 0 Å². The quantitative estimate of drug-likeness (QED) is 0.189. The van der Waals surface area contributed by atoms with Crippen molar-refractivity contribution in [1.82, 2.24) is 5.43 Å². The highest BCUT2D eigenvalue weighted by atomic mass is 79.9. The van der Waals surface area contributed by atoms with Gasteiger partial charge in [-0.1, -0.05) is 42.0 Å². The normalized spacial score (nSPS) is 10.5. The second kappa shape index (κ2) is 10.3. The minimum Gasteiger partial charge on any atom is -0.423 e. The Labute approximate surface area is 187 Å². The van der Waals surface area contributed by atoms with Crippen LogP contribution in [0.4, 0.5) is 5.69 Å². The van der Waals surface area contributed by atoms with Crippen molar-refractivity contribution in [2.45, 2.75) is 6.92 Å². The Bertz CT molecular complexity index is 1140. The number of nitrogens with zero attached hydrogens (tertiary/aromatic N) is 1. The summed E-state index contributed by atoms with van der Waals surface area (Å²) in [6, 6.07) is 20.6. The molecular weight excluding hydrogens is 462 g/mol. The van der Waals surface area contributed by atoms with Crippen LogP contribution in [0.5, 0.6) is 5.75 Å². The minimum atomic E-state index is -0.909. The number of hydrogen-bond donors (Lipinski definition) is 2. The standard InChI is InChI=1S/C23H18BrN3O4/c1-15-9-11-17(12-10-15)26-21(28)22(29)27-25-14-16-5-4-6-18(13-16)31-23(30)19-7-2-3-8-20(19)24/h2-14H,1H3,(H,26,28)(H,27,29)/b25-14+. The molecule has 3 aromatic rings. The molecule has 3 aromatic carbocycles. The van der Waals surface area contributed by atoms with E-state index in [1.807, 2.05) is 19.1 Å². The molecule has 0 aliphatic rings. The van der Waals surface area contributed by atoms with Crippen molar-refractivity contribution in [2.75, 3.05) is 5.32 Å². The second-order valence-electron chi connectivity index (χ2n) is 6.46. The summed E-state index contributed by atoms with van der Waals surface area (Å²) in [4.78, 5) is 36.1. The van der Waals surface area contributed by atoms with Crippen LogP contribution in [0.1, 0.15) is 21.5 Å². The maximum absolute atomic E-state index is 12.3. The summed E-state index contributed by atoms with van der Waals surface area (Å²) >= 11 is 3.31. The first-order valence-electron chi connectivity index (χ1n) is 9.20. The van der Waals surface area contributed by atoms with E-state index in [2.05, 4.69) is 31.8 Å². The number of nitrogens with one attached hydrogen (secondary N) is 2. The number of hydrogen-bond acceptors (Lipinski definition) is 5. The third-order valence-corrected chi connectivity index (χ3v) is 4.75. The van der Waals surface area contributed by atoms with Crippen molar-refractivity contribution in [2.24, 2.45) is 5.10 Å². The monoisotopic (exact) mass is 479 g/mol. The highest BCUT2D eigenvalue weighted by molar-refractivity contribution is 9.10. The van der Waals surface area contributed by atoms with E-state index in [0.29, 0.717) is 27.0 Å². The number of rotatable bonds is 5. The summed E-state index contributed by atoms with van der Waals surface area (Å²) in [6.07, 6.45) is 1.34. The van der Waals surface area contributed by atoms with Gasteiger partial charge in [0.25, 0.3) is 0 Å². The zero-order chi connectivity index (χ0) is 22.2. The summed E-state index contributed by atoms with van der Waals surface area (Å²) in [6.45, 7) is 1.92. The molecule has 0 aliphatic heterocycles. The number of halogens is 1. The Balaban J connectivity index is 1.57. The SMILES string of the molecule is Cc1ccc(NC(=O)C(=O)N/N=C/c2cccc(OC(=O)c3ccccc3Br)c2)cc1. The van der Waals surface area contributed by atoms with Crippen molar-refractivity contribution < 1.29 is 19.1 Å². The van der Waals surface area contributed by atoms with Crippen LogP contribution < -0.4 is 15.5 Å². The maximum atomic E-state index is 12.3. The number of amides is 2. The lowest BCUT2D eigenvalue weighted by Gasteiger charge is -2.06. The molecule has 0 aromatic heterocycles. The molecule has 0 heterocycles. The molecule has 0 aliphatic carbocycles. The summed E-state index contributed by atoms with van der Waals surface area (Å²) in [7, 11) is 0. The number of anilines is 1. The molecule has 2 N–H and O–H groups in total. The average molecular weight is 480 g/mol. The molecule has 156 valence electrons. The molecular formula is C23H18BrN3O4. The van der Waals surface area contributed by atoms with Gasteiger partial charge in [0, 0.05) is 10.2 Å². The minimum absolute atomic E-state index is 0.313. The van der Waals surface area contributed by atoms with Gasteiger partial charge in [0.2, 0.25) is 0 Å². The van der Waals surface area contributed by atoms with Crippen molar-refractivity contribution in [3.63, 3.8) is 0 Å². The predicted molar refractivity (Wildman–Crippen MR) is 121 cm³/mol. The van der Waals surface area contributed by atoms with Crippen LogP contribution in [0.3, 0.4) is 0 Å². The van der Waals surface area contributed by atoms with Crippen LogP contribution in [0, 0.1) is 6.92 Å². The Hall–Kier alpha value is -3.78. The summed E-state index contributed by atoms with van der Waals surface area (Å²) < 4.78 is 6.01. The van der Waals surface area contributed by atoms with E-state index in [9.17, 15) is 14.4 Å². The zero-order valence-corrected chi connectivity index (χ0v) is 18.0. The molecule has 0 saturated heterocycles. The number of aryl methyl sites for hydroxylation is 1. The lowest BCUT2D eigenvalue weighted by Crippen LogP contribution is -2.32. The van der Waals surface area contributed by atoms with Gasteiger partial charge in [-0.3, -0.25) is 9.59 Å². The lowest BCUT2D eigenvalue weighted by molar-refractivity contribution is -0.136. The van der Waals surface area contributed by atoms with E-state index < -0.39 is 17.8 Å². The van der Waals surface area contributed by atoms with Gasteiger partial charge in [0.15, 0.2) is 0 Å². The van der Waals surface area contributed by atoms with Crippen LogP contribution in [0.15, 0.2) is 82.4 Å². The van der Waals surface area contributed by atoms with Crippen LogP contribution in [-0.2, 0) is 9.59 Å². The molecule has 7 nitrogen and oxygen atoms in total. The molecule has 2 amide bonds. The molecule has 0 radical (unpaired) electrons. The third-order valence-electron chi connectivity index (χ3n) is 4.06. The topological polar surface area (TPSA) is 96.9 Å². The number of benzene rings is 3. The van der Waals surface area contributed by atoms with Crippen LogP contribution in [0.2, 0.25) is 0 Å². The molecule has 3 rings (SSSR count). The van der Waals surface area contributed by atoms with Gasteiger partial charge in [-0.2, -0.15) is 5.10 Å². The maximum Gasteiger partial charge on any atom is 0.344 e. The van der Waals surface area contributed by atoms with Crippen molar-refractivity contribution in [1.29, 1.82) is 0 Å². The summed E-state index contributed by atoms with van der Waals surface area (Å²) in [5.41, 5.74) is 4.67. The van der Waals surface area contributed by atoms with E-state index in [1.165, 1.54) is 6.21 Å². The highest BCUT2D eigenvalue weighted by Crippen LogP contribution is 2.19. The molecule has 31 heavy (non-hydrogen) atoms. The Morgan fingerprint density at radius 1 is 0.935 bits per heavy atom. The van der Waals surface area contributed by atoms with Gasteiger partial charge in [-0.25, -0.2) is 10.2 Å². The smallest absolute Gasteiger partial charge is 0.344 e. The molecule has 0 fully saturated rings. The Morgan fingerprint density at radius 3 is 2.42 bits per heavy atom. The molecule has 0 atom stereocenters. The van der Waals surface area contributed by atoms with E-state index in [4.69, 9.17) is 4.74 Å². The first-order chi connectivity index (χ1) is 14.9. The molecule has 0 spiro atoms. The lowest BCUT2D eigenvalue weighted by atomic mass is 10.2. The molecule has 0 saturated carbocycles. The van der Waals surface area contributed by atoms with Crippen molar-refractivity contribution in [3.05, 3.63) is 94.0 Å². The summed E-state index contributed by atoms with van der Waals surface area (Å²) in [5.74, 6) is -1.94. The van der Waals surface area contributed by atoms with Gasteiger partial charge in [0.1, 0.15) is 5.75 Å². The number of esters is 1. The van der Waals surface area contributed by atoms with Crippen LogP contribution in [-0.4, -0.2) is 24.0 Å². The van der Waals surface area contributed by atoms with Gasteiger partial charge in [-0.05, 0) is 64.8 Å². The fourth-order valence-electron chi connectivity index (χ4n) is 2.49. The average Bonchev–Trinajstić information content (AvgIpc) is 2.75. The van der Waals surface area contributed by atoms with Gasteiger partial charge >= 0.3 is 17.8 Å². The van der Waals surface area contributed by atoms with Gasteiger partial charge in [-0.15, -0.1) is 0 Å².